The fraction of sp³-hybridized carbons (Fsp3) is 0.381. The fourth-order valence-corrected chi connectivity index (χ4v) is 3.32. The van der Waals surface area contributed by atoms with E-state index in [9.17, 15) is 9.59 Å². The van der Waals surface area contributed by atoms with Crippen LogP contribution in [0.25, 0.3) is 0 Å². The zero-order valence-electron chi connectivity index (χ0n) is 16.9. The van der Waals surface area contributed by atoms with Crippen LogP contribution in [0.15, 0.2) is 30.5 Å². The molecule has 1 aromatic heterocycles. The van der Waals surface area contributed by atoms with Gasteiger partial charge in [-0.25, -0.2) is 4.39 Å². The Hall–Kier alpha value is -2.55. The van der Waals surface area contributed by atoms with Crippen molar-refractivity contribution in [1.82, 2.24) is 15.6 Å². The zero-order valence-corrected chi connectivity index (χ0v) is 17.7. The first-order chi connectivity index (χ1) is 14.3. The highest BCUT2D eigenvalue weighted by Gasteiger charge is 2.25. The molecule has 30 heavy (non-hydrogen) atoms. The van der Waals surface area contributed by atoms with E-state index in [1.54, 1.807) is 6.92 Å². The fourth-order valence-electron chi connectivity index (χ4n) is 3.09. The first-order valence-corrected chi connectivity index (χ1v) is 10.0. The summed E-state index contributed by atoms with van der Waals surface area (Å²) in [6, 6.07) is 5.24. The Labute approximate surface area is 179 Å². The normalized spacial score (nSPS) is 13.0. The summed E-state index contributed by atoms with van der Waals surface area (Å²) in [7, 11) is 0. The molecule has 162 valence electrons. The monoisotopic (exact) mass is 436 g/mol. The largest absolute Gasteiger partial charge is 0.397 e. The van der Waals surface area contributed by atoms with E-state index in [1.807, 2.05) is 6.92 Å². The van der Waals surface area contributed by atoms with Crippen molar-refractivity contribution < 1.29 is 19.1 Å². The van der Waals surface area contributed by atoms with Gasteiger partial charge in [-0.05, 0) is 31.5 Å². The van der Waals surface area contributed by atoms with Gasteiger partial charge >= 0.3 is 0 Å². The summed E-state index contributed by atoms with van der Waals surface area (Å²) in [5.74, 6) is -1.58. The number of benzene rings is 1. The van der Waals surface area contributed by atoms with Crippen LogP contribution in [-0.4, -0.2) is 41.0 Å². The number of anilines is 1. The van der Waals surface area contributed by atoms with Crippen LogP contribution in [-0.2, 0) is 4.79 Å². The van der Waals surface area contributed by atoms with Gasteiger partial charge in [-0.1, -0.05) is 24.6 Å². The minimum absolute atomic E-state index is 0.00819. The summed E-state index contributed by atoms with van der Waals surface area (Å²) in [5.41, 5.74) is 6.05. The lowest BCUT2D eigenvalue weighted by molar-refractivity contribution is -0.121. The molecule has 1 heterocycles. The van der Waals surface area contributed by atoms with Crippen LogP contribution in [0.3, 0.4) is 0 Å². The Kier molecular flexibility index (Phi) is 8.71. The van der Waals surface area contributed by atoms with Crippen molar-refractivity contribution in [3.05, 3.63) is 58.1 Å². The number of pyridine rings is 1. The summed E-state index contributed by atoms with van der Waals surface area (Å²) < 4.78 is 15.4. The van der Waals surface area contributed by atoms with E-state index in [-0.39, 0.29) is 53.4 Å². The number of aromatic nitrogens is 1. The van der Waals surface area contributed by atoms with Gasteiger partial charge in [0.1, 0.15) is 11.5 Å². The van der Waals surface area contributed by atoms with E-state index in [2.05, 4.69) is 15.6 Å². The van der Waals surface area contributed by atoms with E-state index < -0.39 is 17.6 Å². The van der Waals surface area contributed by atoms with E-state index in [0.717, 1.165) is 0 Å². The number of carbonyl (C=O) groups is 2. The van der Waals surface area contributed by atoms with Gasteiger partial charge in [0, 0.05) is 30.6 Å². The summed E-state index contributed by atoms with van der Waals surface area (Å²) in [5, 5.41) is 14.6. The van der Waals surface area contributed by atoms with E-state index in [1.165, 1.54) is 30.5 Å². The Balaban J connectivity index is 2.25. The maximum atomic E-state index is 15.4. The van der Waals surface area contributed by atoms with Crippen LogP contribution >= 0.6 is 11.6 Å². The van der Waals surface area contributed by atoms with Gasteiger partial charge < -0.3 is 21.5 Å². The number of halogens is 2. The third kappa shape index (κ3) is 5.98. The number of nitrogens with zero attached hydrogens (tertiary/aromatic N) is 1. The number of ketones is 1. The maximum absolute atomic E-state index is 15.4. The molecule has 0 saturated heterocycles. The predicted molar refractivity (Wildman–Crippen MR) is 114 cm³/mol. The number of hydrogen-bond donors (Lipinski definition) is 4. The van der Waals surface area contributed by atoms with Gasteiger partial charge in [-0.2, -0.15) is 0 Å². The molecule has 5 N–H and O–H groups in total. The molecule has 0 aliphatic carbocycles. The van der Waals surface area contributed by atoms with Crippen LogP contribution < -0.4 is 16.4 Å². The Morgan fingerprint density at radius 3 is 2.63 bits per heavy atom. The maximum Gasteiger partial charge on any atom is 0.221 e. The highest BCUT2D eigenvalue weighted by atomic mass is 35.5. The van der Waals surface area contributed by atoms with E-state index >= 15 is 4.39 Å². The second-order valence-corrected chi connectivity index (χ2v) is 7.34. The van der Waals surface area contributed by atoms with Gasteiger partial charge in [0.15, 0.2) is 0 Å². The summed E-state index contributed by atoms with van der Waals surface area (Å²) >= 11 is 6.14. The average molecular weight is 437 g/mol. The van der Waals surface area contributed by atoms with Crippen LogP contribution in [0.2, 0.25) is 5.02 Å². The molecule has 0 fully saturated rings. The van der Waals surface area contributed by atoms with Crippen LogP contribution in [0.1, 0.15) is 54.3 Å². The highest BCUT2D eigenvalue weighted by molar-refractivity contribution is 6.35. The Bertz CT molecular complexity index is 893. The summed E-state index contributed by atoms with van der Waals surface area (Å²) in [6.45, 7) is 3.71. The minimum Gasteiger partial charge on any atom is -0.397 e. The highest BCUT2D eigenvalue weighted by Crippen LogP contribution is 2.30. The number of nitrogens with one attached hydrogen (secondary N) is 2. The lowest BCUT2D eigenvalue weighted by Crippen LogP contribution is -2.37. The first-order valence-electron chi connectivity index (χ1n) is 9.66. The number of aliphatic hydroxyl groups excluding tert-OH is 1. The molecule has 2 atom stereocenters. The second-order valence-electron chi connectivity index (χ2n) is 6.94. The van der Waals surface area contributed by atoms with Crippen LogP contribution in [0.4, 0.5) is 10.1 Å². The number of nitrogens with two attached hydrogens (primary N) is 1. The number of rotatable bonds is 10. The molecule has 0 saturated carbocycles. The van der Waals surface area contributed by atoms with Gasteiger partial charge in [0.2, 0.25) is 11.7 Å². The van der Waals surface area contributed by atoms with Crippen LogP contribution in [0, 0.1) is 5.82 Å². The lowest BCUT2D eigenvalue weighted by Gasteiger charge is -2.24. The topological polar surface area (TPSA) is 117 Å². The first kappa shape index (κ1) is 23.7. The molecule has 0 unspecified atom stereocenters. The number of amides is 1. The molecule has 0 spiro atoms. The quantitative estimate of drug-likeness (QED) is 0.425. The molecule has 0 radical (unpaired) electrons. The van der Waals surface area contributed by atoms with Gasteiger partial charge in [0.05, 0.1) is 29.1 Å². The number of nitrogen functional groups attached to an aromatic ring is 1. The van der Waals surface area contributed by atoms with Crippen molar-refractivity contribution in [3.63, 3.8) is 0 Å². The number of hydrogen-bond acceptors (Lipinski definition) is 6. The lowest BCUT2D eigenvalue weighted by atomic mass is 9.97. The van der Waals surface area contributed by atoms with Crippen molar-refractivity contribution in [2.75, 3.05) is 18.9 Å². The molecular formula is C21H26ClFN4O3. The average Bonchev–Trinajstić information content (AvgIpc) is 2.71. The predicted octanol–water partition coefficient (Wildman–Crippen LogP) is 2.62. The van der Waals surface area contributed by atoms with Crippen LogP contribution in [0.5, 0.6) is 0 Å². The summed E-state index contributed by atoms with van der Waals surface area (Å²) in [6.07, 6.45) is 2.00. The molecule has 9 heteroatoms. The Morgan fingerprint density at radius 2 is 2.03 bits per heavy atom. The van der Waals surface area contributed by atoms with Crippen molar-refractivity contribution in [2.24, 2.45) is 0 Å². The van der Waals surface area contributed by atoms with Gasteiger partial charge in [0.25, 0.3) is 0 Å². The smallest absolute Gasteiger partial charge is 0.221 e. The Morgan fingerprint density at radius 1 is 1.30 bits per heavy atom. The zero-order chi connectivity index (χ0) is 22.3. The van der Waals surface area contributed by atoms with E-state index in [4.69, 9.17) is 22.4 Å². The molecule has 0 aliphatic rings. The van der Waals surface area contributed by atoms with Crippen molar-refractivity contribution in [1.29, 1.82) is 0 Å². The molecular weight excluding hydrogens is 411 g/mol. The number of aliphatic hydroxyl groups is 1. The SMILES string of the molecule is CC[C@@H](N[C@@H](C)CC(=O)NCCO)c1ccc(Cl)c(C(=O)c2ccc(N)cn2)c1F. The second kappa shape index (κ2) is 11.0. The standard InChI is InChI=1S/C21H26ClFN4O3/c1-3-16(27-12(2)10-18(29)25-8-9-28)14-5-6-15(22)19(20(14)23)21(30)17-7-4-13(24)11-26-17/h4-7,11-12,16,27-28H,3,8-10,24H2,1-2H3,(H,25,29)/t12-,16+/m0/s1. The molecule has 1 amide bonds. The number of carbonyl (C=O) groups excluding carboxylic acids is 2. The molecule has 2 aromatic rings. The minimum atomic E-state index is -0.720. The van der Waals surface area contributed by atoms with E-state index in [0.29, 0.717) is 12.1 Å². The van der Waals surface area contributed by atoms with Crippen molar-refractivity contribution >= 4 is 29.0 Å². The molecule has 0 aliphatic heterocycles. The third-order valence-electron chi connectivity index (χ3n) is 4.56. The van der Waals surface area contributed by atoms with Crippen molar-refractivity contribution in [3.8, 4) is 0 Å². The van der Waals surface area contributed by atoms with Gasteiger partial charge in [-0.3, -0.25) is 14.6 Å². The molecule has 0 bridgehead atoms. The molecule has 1 aromatic carbocycles. The van der Waals surface area contributed by atoms with Crippen molar-refractivity contribution in [2.45, 2.75) is 38.8 Å². The molecule has 7 nitrogen and oxygen atoms in total. The summed E-state index contributed by atoms with van der Waals surface area (Å²) in [4.78, 5) is 28.6. The molecule has 2 rings (SSSR count). The third-order valence-corrected chi connectivity index (χ3v) is 4.88. The van der Waals surface area contributed by atoms with Gasteiger partial charge in [-0.15, -0.1) is 0 Å².